The number of aryl methyl sites for hydroxylation is 1. The third-order valence-corrected chi connectivity index (χ3v) is 4.96. The predicted molar refractivity (Wildman–Crippen MR) is 90.3 cm³/mol. The van der Waals surface area contributed by atoms with Gasteiger partial charge >= 0.3 is 0 Å². The standard InChI is InChI=1S/C18H25N3O2/c1-13-5-7-16(8-6-13)21-11-14(10-17(21)22)18(23)20-9-3-4-15(12-20)19-2/h5-8,14-15,19H,3-4,9-12H2,1-2H3. The molecule has 1 aromatic carbocycles. The van der Waals surface area contributed by atoms with Gasteiger partial charge in [-0.25, -0.2) is 0 Å². The van der Waals surface area contributed by atoms with Gasteiger partial charge in [0.05, 0.1) is 5.92 Å². The normalized spacial score (nSPS) is 25.0. The van der Waals surface area contributed by atoms with Crippen LogP contribution in [0, 0.1) is 12.8 Å². The van der Waals surface area contributed by atoms with E-state index in [1.165, 1.54) is 5.56 Å². The molecule has 0 saturated carbocycles. The highest BCUT2D eigenvalue weighted by molar-refractivity contribution is 6.00. The van der Waals surface area contributed by atoms with Crippen LogP contribution in [0.1, 0.15) is 24.8 Å². The molecule has 124 valence electrons. The first-order valence-corrected chi connectivity index (χ1v) is 8.41. The van der Waals surface area contributed by atoms with E-state index in [1.807, 2.05) is 43.1 Å². The molecule has 0 spiro atoms. The lowest BCUT2D eigenvalue weighted by Gasteiger charge is -2.34. The third kappa shape index (κ3) is 3.39. The van der Waals surface area contributed by atoms with Gasteiger partial charge in [-0.1, -0.05) is 17.7 Å². The number of rotatable bonds is 3. The van der Waals surface area contributed by atoms with Crippen LogP contribution in [0.3, 0.4) is 0 Å². The second-order valence-corrected chi connectivity index (χ2v) is 6.65. The van der Waals surface area contributed by atoms with E-state index in [9.17, 15) is 9.59 Å². The fraction of sp³-hybridized carbons (Fsp3) is 0.556. The quantitative estimate of drug-likeness (QED) is 0.921. The number of nitrogens with zero attached hydrogens (tertiary/aromatic N) is 2. The van der Waals surface area contributed by atoms with E-state index < -0.39 is 0 Å². The van der Waals surface area contributed by atoms with Crippen LogP contribution in [0.4, 0.5) is 5.69 Å². The molecule has 2 aliphatic rings. The molecule has 2 fully saturated rings. The highest BCUT2D eigenvalue weighted by Crippen LogP contribution is 2.27. The number of likely N-dealkylation sites (N-methyl/N-ethyl adjacent to an activating group) is 1. The number of hydrogen-bond donors (Lipinski definition) is 1. The van der Waals surface area contributed by atoms with Gasteiger partial charge < -0.3 is 15.1 Å². The van der Waals surface area contributed by atoms with Crippen LogP contribution < -0.4 is 10.2 Å². The minimum atomic E-state index is -0.209. The SMILES string of the molecule is CNC1CCCN(C(=O)C2CC(=O)N(c3ccc(C)cc3)C2)C1. The largest absolute Gasteiger partial charge is 0.341 e. The second kappa shape index (κ2) is 6.71. The summed E-state index contributed by atoms with van der Waals surface area (Å²) in [6.07, 6.45) is 2.46. The Morgan fingerprint density at radius 3 is 2.65 bits per heavy atom. The van der Waals surface area contributed by atoms with Crippen LogP contribution in [0.5, 0.6) is 0 Å². The molecule has 2 aliphatic heterocycles. The van der Waals surface area contributed by atoms with Crippen LogP contribution in [0.2, 0.25) is 0 Å². The lowest BCUT2D eigenvalue weighted by atomic mass is 10.0. The zero-order valence-electron chi connectivity index (χ0n) is 13.9. The molecule has 5 nitrogen and oxygen atoms in total. The summed E-state index contributed by atoms with van der Waals surface area (Å²) >= 11 is 0. The summed E-state index contributed by atoms with van der Waals surface area (Å²) < 4.78 is 0. The molecule has 1 N–H and O–H groups in total. The number of carbonyl (C=O) groups excluding carboxylic acids is 2. The molecule has 2 unspecified atom stereocenters. The molecule has 2 amide bonds. The van der Waals surface area contributed by atoms with Gasteiger partial charge in [0.1, 0.15) is 0 Å². The Balaban J connectivity index is 1.67. The summed E-state index contributed by atoms with van der Waals surface area (Å²) in [5.74, 6) is -0.0262. The maximum atomic E-state index is 12.8. The van der Waals surface area contributed by atoms with Crippen molar-refractivity contribution in [3.63, 3.8) is 0 Å². The van der Waals surface area contributed by atoms with Gasteiger partial charge in [0, 0.05) is 37.8 Å². The van der Waals surface area contributed by atoms with Crippen LogP contribution >= 0.6 is 0 Å². The molecule has 0 aliphatic carbocycles. The maximum Gasteiger partial charge on any atom is 0.228 e. The van der Waals surface area contributed by atoms with Crippen molar-refractivity contribution in [2.45, 2.75) is 32.2 Å². The number of carbonyl (C=O) groups is 2. The van der Waals surface area contributed by atoms with Crippen LogP contribution in [0.25, 0.3) is 0 Å². The molecule has 0 aromatic heterocycles. The Morgan fingerprint density at radius 2 is 1.96 bits per heavy atom. The van der Waals surface area contributed by atoms with Crippen molar-refractivity contribution in [1.29, 1.82) is 0 Å². The summed E-state index contributed by atoms with van der Waals surface area (Å²) in [6.45, 7) is 4.09. The molecule has 23 heavy (non-hydrogen) atoms. The lowest BCUT2D eigenvalue weighted by molar-refractivity contribution is -0.137. The smallest absolute Gasteiger partial charge is 0.228 e. The van der Waals surface area contributed by atoms with Crippen molar-refractivity contribution in [2.75, 3.05) is 31.6 Å². The highest BCUT2D eigenvalue weighted by Gasteiger charge is 2.38. The van der Waals surface area contributed by atoms with E-state index in [0.717, 1.165) is 31.6 Å². The zero-order chi connectivity index (χ0) is 16.4. The average Bonchev–Trinajstić information content (AvgIpc) is 2.97. The summed E-state index contributed by atoms with van der Waals surface area (Å²) in [5, 5.41) is 3.26. The van der Waals surface area contributed by atoms with Crippen LogP contribution in [0.15, 0.2) is 24.3 Å². The molecule has 2 saturated heterocycles. The summed E-state index contributed by atoms with van der Waals surface area (Å²) in [7, 11) is 1.94. The first kappa shape index (κ1) is 16.0. The summed E-state index contributed by atoms with van der Waals surface area (Å²) in [4.78, 5) is 28.8. The first-order valence-electron chi connectivity index (χ1n) is 8.41. The molecule has 3 rings (SSSR count). The topological polar surface area (TPSA) is 52.7 Å². The molecule has 0 radical (unpaired) electrons. The fourth-order valence-corrected chi connectivity index (χ4v) is 3.52. The number of nitrogens with one attached hydrogen (secondary N) is 1. The number of benzene rings is 1. The van der Waals surface area contributed by atoms with Crippen molar-refractivity contribution in [3.8, 4) is 0 Å². The van der Waals surface area contributed by atoms with Gasteiger partial charge in [0.15, 0.2) is 0 Å². The average molecular weight is 315 g/mol. The van der Waals surface area contributed by atoms with Crippen molar-refractivity contribution < 1.29 is 9.59 Å². The van der Waals surface area contributed by atoms with E-state index in [1.54, 1.807) is 4.90 Å². The number of hydrogen-bond acceptors (Lipinski definition) is 3. The van der Waals surface area contributed by atoms with Gasteiger partial charge in [-0.05, 0) is 38.9 Å². The predicted octanol–water partition coefficient (Wildman–Crippen LogP) is 1.56. The van der Waals surface area contributed by atoms with Crippen molar-refractivity contribution in [1.82, 2.24) is 10.2 Å². The Labute approximate surface area is 137 Å². The molecular weight excluding hydrogens is 290 g/mol. The van der Waals surface area contributed by atoms with Crippen molar-refractivity contribution in [3.05, 3.63) is 29.8 Å². The van der Waals surface area contributed by atoms with Gasteiger partial charge in [-0.2, -0.15) is 0 Å². The van der Waals surface area contributed by atoms with Crippen LogP contribution in [-0.4, -0.2) is 49.4 Å². The zero-order valence-corrected chi connectivity index (χ0v) is 13.9. The van der Waals surface area contributed by atoms with E-state index in [2.05, 4.69) is 5.32 Å². The number of piperidine rings is 1. The minimum Gasteiger partial charge on any atom is -0.341 e. The van der Waals surface area contributed by atoms with Crippen LogP contribution in [-0.2, 0) is 9.59 Å². The van der Waals surface area contributed by atoms with E-state index in [-0.39, 0.29) is 17.7 Å². The Morgan fingerprint density at radius 1 is 1.22 bits per heavy atom. The molecular formula is C18H25N3O2. The molecule has 2 heterocycles. The number of amides is 2. The first-order chi connectivity index (χ1) is 11.1. The number of likely N-dealkylation sites (tertiary alicyclic amines) is 1. The summed E-state index contributed by atoms with van der Waals surface area (Å²) in [5.41, 5.74) is 2.06. The lowest BCUT2D eigenvalue weighted by Crippen LogP contribution is -2.49. The number of anilines is 1. The monoisotopic (exact) mass is 315 g/mol. The molecule has 5 heteroatoms. The molecule has 0 bridgehead atoms. The minimum absolute atomic E-state index is 0.0504. The van der Waals surface area contributed by atoms with Crippen molar-refractivity contribution >= 4 is 17.5 Å². The Hall–Kier alpha value is -1.88. The van der Waals surface area contributed by atoms with E-state index in [4.69, 9.17) is 0 Å². The fourth-order valence-electron chi connectivity index (χ4n) is 3.52. The Bertz CT molecular complexity index is 584. The molecule has 2 atom stereocenters. The van der Waals surface area contributed by atoms with Gasteiger partial charge in [0.25, 0.3) is 0 Å². The van der Waals surface area contributed by atoms with Crippen molar-refractivity contribution in [2.24, 2.45) is 5.92 Å². The molecule has 1 aromatic rings. The van der Waals surface area contributed by atoms with E-state index >= 15 is 0 Å². The van der Waals surface area contributed by atoms with Gasteiger partial charge in [-0.3, -0.25) is 9.59 Å². The highest BCUT2D eigenvalue weighted by atomic mass is 16.2. The van der Waals surface area contributed by atoms with Gasteiger partial charge in [0.2, 0.25) is 11.8 Å². The second-order valence-electron chi connectivity index (χ2n) is 6.65. The maximum absolute atomic E-state index is 12.8. The van der Waals surface area contributed by atoms with Gasteiger partial charge in [-0.15, -0.1) is 0 Å². The third-order valence-electron chi connectivity index (χ3n) is 4.96. The summed E-state index contributed by atoms with van der Waals surface area (Å²) in [6, 6.07) is 8.29. The van der Waals surface area contributed by atoms with E-state index in [0.29, 0.717) is 19.0 Å². The Kier molecular flexibility index (Phi) is 4.66.